The Kier molecular flexibility index (Phi) is 4.58. The van der Waals surface area contributed by atoms with Crippen LogP contribution in [0.5, 0.6) is 5.75 Å². The molecule has 18 heavy (non-hydrogen) atoms. The minimum Gasteiger partial charge on any atom is -0.404 e. The molecular formula is C10H10BrF3N2O2. The van der Waals surface area contributed by atoms with Gasteiger partial charge in [0.05, 0.1) is 11.7 Å². The van der Waals surface area contributed by atoms with Crippen molar-refractivity contribution in [3.05, 3.63) is 22.7 Å². The Balaban J connectivity index is 3.00. The van der Waals surface area contributed by atoms with Crippen molar-refractivity contribution in [1.29, 1.82) is 0 Å². The van der Waals surface area contributed by atoms with E-state index in [1.165, 1.54) is 19.1 Å². The Morgan fingerprint density at radius 1 is 1.50 bits per heavy atom. The first kappa shape index (κ1) is 14.8. The largest absolute Gasteiger partial charge is 0.573 e. The van der Waals surface area contributed by atoms with Crippen molar-refractivity contribution < 1.29 is 22.7 Å². The summed E-state index contributed by atoms with van der Waals surface area (Å²) in [5.41, 5.74) is 5.21. The number of nitrogens with one attached hydrogen (secondary N) is 1. The summed E-state index contributed by atoms with van der Waals surface area (Å²) in [6.07, 6.45) is -4.84. The number of nitrogens with two attached hydrogens (primary N) is 1. The molecule has 100 valence electrons. The summed E-state index contributed by atoms with van der Waals surface area (Å²) in [6.45, 7) is 1.42. The first-order chi connectivity index (χ1) is 8.19. The number of benzene rings is 1. The number of anilines is 1. The number of carbonyl (C=O) groups is 1. The van der Waals surface area contributed by atoms with Crippen LogP contribution in [0.3, 0.4) is 0 Å². The highest BCUT2D eigenvalue weighted by Crippen LogP contribution is 2.32. The number of carbonyl (C=O) groups excluding carboxylic acids is 1. The Bertz CT molecular complexity index is 449. The molecule has 0 aliphatic rings. The Morgan fingerprint density at radius 2 is 2.11 bits per heavy atom. The highest BCUT2D eigenvalue weighted by molar-refractivity contribution is 9.10. The molecular weight excluding hydrogens is 317 g/mol. The molecule has 1 rings (SSSR count). The fourth-order valence-electron chi connectivity index (χ4n) is 1.06. The molecule has 1 aromatic carbocycles. The molecule has 0 radical (unpaired) electrons. The number of alkyl halides is 3. The van der Waals surface area contributed by atoms with Crippen LogP contribution in [0.1, 0.15) is 6.92 Å². The van der Waals surface area contributed by atoms with Crippen molar-refractivity contribution in [2.75, 3.05) is 5.32 Å². The highest BCUT2D eigenvalue weighted by Gasteiger charge is 2.32. The third-order valence-electron chi connectivity index (χ3n) is 1.84. The standard InChI is InChI=1S/C10H10BrF3N2O2/c1-5(15)9(17)16-7-3-2-6(11)4-8(7)18-10(12,13)14/h2-5H,15H2,1H3,(H,16,17)/t5-/m1/s1. The number of amides is 1. The van der Waals surface area contributed by atoms with E-state index in [0.29, 0.717) is 4.47 Å². The number of hydrogen-bond donors (Lipinski definition) is 2. The fourth-order valence-corrected chi connectivity index (χ4v) is 1.40. The van der Waals surface area contributed by atoms with Gasteiger partial charge in [-0.05, 0) is 25.1 Å². The van der Waals surface area contributed by atoms with E-state index in [4.69, 9.17) is 5.73 Å². The molecule has 0 saturated heterocycles. The van der Waals surface area contributed by atoms with Crippen LogP contribution in [0.2, 0.25) is 0 Å². The lowest BCUT2D eigenvalue weighted by atomic mass is 10.2. The second kappa shape index (κ2) is 5.57. The van der Waals surface area contributed by atoms with Gasteiger partial charge in [-0.15, -0.1) is 13.2 Å². The number of halogens is 4. The summed E-state index contributed by atoms with van der Waals surface area (Å²) in [4.78, 5) is 11.3. The topological polar surface area (TPSA) is 64.4 Å². The minimum absolute atomic E-state index is 0.0992. The number of ether oxygens (including phenoxy) is 1. The molecule has 0 aromatic heterocycles. The van der Waals surface area contributed by atoms with Gasteiger partial charge < -0.3 is 15.8 Å². The molecule has 0 aliphatic carbocycles. The zero-order valence-corrected chi connectivity index (χ0v) is 10.8. The van der Waals surface area contributed by atoms with Gasteiger partial charge in [0.2, 0.25) is 5.91 Å². The van der Waals surface area contributed by atoms with Gasteiger partial charge in [0, 0.05) is 4.47 Å². The van der Waals surface area contributed by atoms with Gasteiger partial charge >= 0.3 is 6.36 Å². The van der Waals surface area contributed by atoms with Crippen molar-refractivity contribution in [3.8, 4) is 5.75 Å². The van der Waals surface area contributed by atoms with Crippen LogP contribution in [0, 0.1) is 0 Å². The maximum absolute atomic E-state index is 12.2. The normalized spacial score (nSPS) is 13.0. The molecule has 3 N–H and O–H groups in total. The second-order valence-corrected chi connectivity index (χ2v) is 4.38. The van der Waals surface area contributed by atoms with Gasteiger partial charge in [0.25, 0.3) is 0 Å². The average molecular weight is 327 g/mol. The predicted octanol–water partition coefficient (Wildman–Crippen LogP) is 2.63. The smallest absolute Gasteiger partial charge is 0.404 e. The zero-order valence-electron chi connectivity index (χ0n) is 9.22. The third kappa shape index (κ3) is 4.53. The van der Waals surface area contributed by atoms with Gasteiger partial charge in [0.1, 0.15) is 0 Å². The van der Waals surface area contributed by atoms with E-state index < -0.39 is 24.1 Å². The van der Waals surface area contributed by atoms with Crippen LogP contribution in [-0.2, 0) is 4.79 Å². The predicted molar refractivity (Wildman–Crippen MR) is 63.1 cm³/mol. The first-order valence-corrected chi connectivity index (χ1v) is 5.60. The maximum Gasteiger partial charge on any atom is 0.573 e. The van der Waals surface area contributed by atoms with E-state index in [-0.39, 0.29) is 5.69 Å². The van der Waals surface area contributed by atoms with E-state index in [9.17, 15) is 18.0 Å². The Morgan fingerprint density at radius 3 is 2.61 bits per heavy atom. The summed E-state index contributed by atoms with van der Waals surface area (Å²) in [6, 6.07) is 3.02. The van der Waals surface area contributed by atoms with Crippen LogP contribution in [0.4, 0.5) is 18.9 Å². The van der Waals surface area contributed by atoms with Crippen LogP contribution in [0.15, 0.2) is 22.7 Å². The lowest BCUT2D eigenvalue weighted by Crippen LogP contribution is -2.32. The molecule has 1 atom stereocenters. The van der Waals surface area contributed by atoms with E-state index in [1.807, 2.05) is 0 Å². The minimum atomic E-state index is -4.84. The van der Waals surface area contributed by atoms with E-state index in [0.717, 1.165) is 6.07 Å². The zero-order chi connectivity index (χ0) is 13.9. The fraction of sp³-hybridized carbons (Fsp3) is 0.300. The summed E-state index contributed by atoms with van der Waals surface area (Å²) < 4.78 is 40.7. The molecule has 0 saturated carbocycles. The van der Waals surface area contributed by atoms with Crippen LogP contribution in [-0.4, -0.2) is 18.3 Å². The lowest BCUT2D eigenvalue weighted by molar-refractivity contribution is -0.274. The van der Waals surface area contributed by atoms with Crippen molar-refractivity contribution in [2.24, 2.45) is 5.73 Å². The first-order valence-electron chi connectivity index (χ1n) is 4.81. The molecule has 0 fully saturated rings. The molecule has 1 aromatic rings. The Labute approximate surface area is 109 Å². The molecule has 0 aliphatic heterocycles. The van der Waals surface area contributed by atoms with Crippen molar-refractivity contribution in [3.63, 3.8) is 0 Å². The van der Waals surface area contributed by atoms with E-state index in [1.54, 1.807) is 0 Å². The molecule has 0 heterocycles. The van der Waals surface area contributed by atoms with E-state index >= 15 is 0 Å². The summed E-state index contributed by atoms with van der Waals surface area (Å²) in [7, 11) is 0. The molecule has 0 unspecified atom stereocenters. The monoisotopic (exact) mass is 326 g/mol. The van der Waals surface area contributed by atoms with Gasteiger partial charge in [-0.2, -0.15) is 0 Å². The third-order valence-corrected chi connectivity index (χ3v) is 2.33. The highest BCUT2D eigenvalue weighted by atomic mass is 79.9. The van der Waals surface area contributed by atoms with Gasteiger partial charge in [0.15, 0.2) is 5.75 Å². The SMILES string of the molecule is C[C@@H](N)C(=O)Nc1ccc(Br)cc1OC(F)(F)F. The van der Waals surface area contributed by atoms with Crippen LogP contribution in [0.25, 0.3) is 0 Å². The van der Waals surface area contributed by atoms with Crippen LogP contribution < -0.4 is 15.8 Å². The van der Waals surface area contributed by atoms with Crippen molar-refractivity contribution >= 4 is 27.5 Å². The molecule has 1 amide bonds. The number of hydrogen-bond acceptors (Lipinski definition) is 3. The van der Waals surface area contributed by atoms with Gasteiger partial charge in [-0.25, -0.2) is 0 Å². The van der Waals surface area contributed by atoms with E-state index in [2.05, 4.69) is 26.0 Å². The van der Waals surface area contributed by atoms with Gasteiger partial charge in [-0.3, -0.25) is 4.79 Å². The maximum atomic E-state index is 12.2. The van der Waals surface area contributed by atoms with Crippen molar-refractivity contribution in [1.82, 2.24) is 0 Å². The molecule has 0 bridgehead atoms. The lowest BCUT2D eigenvalue weighted by Gasteiger charge is -2.15. The summed E-state index contributed by atoms with van der Waals surface area (Å²) in [5.74, 6) is -1.12. The quantitative estimate of drug-likeness (QED) is 0.897. The molecule has 8 heteroatoms. The molecule has 4 nitrogen and oxygen atoms in total. The number of rotatable bonds is 3. The summed E-state index contributed by atoms with van der Waals surface area (Å²) in [5, 5.41) is 2.25. The van der Waals surface area contributed by atoms with Crippen molar-refractivity contribution in [2.45, 2.75) is 19.3 Å². The van der Waals surface area contributed by atoms with Gasteiger partial charge in [-0.1, -0.05) is 15.9 Å². The van der Waals surface area contributed by atoms with Crippen LogP contribution >= 0.6 is 15.9 Å². The summed E-state index contributed by atoms with van der Waals surface area (Å²) >= 11 is 3.01. The second-order valence-electron chi connectivity index (χ2n) is 3.47. The Hall–Kier alpha value is -1.28. The molecule has 0 spiro atoms. The average Bonchev–Trinajstić information content (AvgIpc) is 2.19.